The molecule has 0 unspecified atom stereocenters. The standard InChI is InChI=1S/C22H22N2O4/c1-13-8-9-14(10-16(13)23)17-6-5-7-18(24-17)21(25)15-11-19(26-2)22(28-4)20(12-15)27-3/h5-12H,23H2,1-4H3. The van der Waals surface area contributed by atoms with Crippen molar-refractivity contribution in [1.29, 1.82) is 0 Å². The maximum Gasteiger partial charge on any atom is 0.211 e. The van der Waals surface area contributed by atoms with Crippen molar-refractivity contribution in [2.24, 2.45) is 0 Å². The average Bonchev–Trinajstić information content (AvgIpc) is 2.74. The van der Waals surface area contributed by atoms with Gasteiger partial charge in [0.2, 0.25) is 11.5 Å². The molecule has 0 saturated carbocycles. The van der Waals surface area contributed by atoms with Gasteiger partial charge in [0.25, 0.3) is 0 Å². The third-order valence-corrected chi connectivity index (χ3v) is 4.48. The van der Waals surface area contributed by atoms with Gasteiger partial charge in [0.1, 0.15) is 5.69 Å². The van der Waals surface area contributed by atoms with Gasteiger partial charge in [0, 0.05) is 16.8 Å². The van der Waals surface area contributed by atoms with Gasteiger partial charge in [-0.05, 0) is 42.8 Å². The third kappa shape index (κ3) is 3.62. The normalized spacial score (nSPS) is 10.4. The van der Waals surface area contributed by atoms with Crippen molar-refractivity contribution in [3.05, 3.63) is 65.4 Å². The van der Waals surface area contributed by atoms with Gasteiger partial charge in [-0.3, -0.25) is 4.79 Å². The quantitative estimate of drug-likeness (QED) is 0.517. The van der Waals surface area contributed by atoms with E-state index in [2.05, 4.69) is 4.98 Å². The molecule has 0 aliphatic heterocycles. The summed E-state index contributed by atoms with van der Waals surface area (Å²) >= 11 is 0. The zero-order valence-electron chi connectivity index (χ0n) is 16.3. The van der Waals surface area contributed by atoms with E-state index >= 15 is 0 Å². The van der Waals surface area contributed by atoms with Gasteiger partial charge in [-0.25, -0.2) is 4.98 Å². The summed E-state index contributed by atoms with van der Waals surface area (Å²) < 4.78 is 16.0. The molecule has 0 radical (unpaired) electrons. The maximum atomic E-state index is 13.0. The van der Waals surface area contributed by atoms with Crippen LogP contribution in [0.1, 0.15) is 21.6 Å². The van der Waals surface area contributed by atoms with E-state index in [4.69, 9.17) is 19.9 Å². The van der Waals surface area contributed by atoms with Crippen LogP contribution < -0.4 is 19.9 Å². The molecule has 0 aliphatic carbocycles. The number of rotatable bonds is 6. The molecule has 3 rings (SSSR count). The molecule has 1 aromatic heterocycles. The van der Waals surface area contributed by atoms with Crippen LogP contribution in [0.15, 0.2) is 48.5 Å². The Morgan fingerprint density at radius 3 is 2.18 bits per heavy atom. The molecule has 1 heterocycles. The Balaban J connectivity index is 2.02. The fourth-order valence-corrected chi connectivity index (χ4v) is 2.88. The fourth-order valence-electron chi connectivity index (χ4n) is 2.88. The minimum Gasteiger partial charge on any atom is -0.493 e. The molecule has 0 bridgehead atoms. The van der Waals surface area contributed by atoms with Crippen LogP contribution in [0.4, 0.5) is 5.69 Å². The van der Waals surface area contributed by atoms with Crippen molar-refractivity contribution in [2.45, 2.75) is 6.92 Å². The van der Waals surface area contributed by atoms with Gasteiger partial charge >= 0.3 is 0 Å². The first-order valence-electron chi connectivity index (χ1n) is 8.66. The predicted molar refractivity (Wildman–Crippen MR) is 108 cm³/mol. The van der Waals surface area contributed by atoms with Gasteiger partial charge in [-0.15, -0.1) is 0 Å². The first-order chi connectivity index (χ1) is 13.5. The second-order valence-corrected chi connectivity index (χ2v) is 6.22. The van der Waals surface area contributed by atoms with Crippen molar-refractivity contribution in [3.63, 3.8) is 0 Å². The number of carbonyl (C=O) groups excluding carboxylic acids is 1. The van der Waals surface area contributed by atoms with E-state index in [1.807, 2.05) is 31.2 Å². The summed E-state index contributed by atoms with van der Waals surface area (Å²) in [6.45, 7) is 1.94. The number of benzene rings is 2. The SMILES string of the molecule is COc1cc(C(=O)c2cccc(-c3ccc(C)c(N)c3)n2)cc(OC)c1OC. The van der Waals surface area contributed by atoms with Crippen LogP contribution in [0, 0.1) is 6.92 Å². The summed E-state index contributed by atoms with van der Waals surface area (Å²) in [4.78, 5) is 17.6. The number of ether oxygens (including phenoxy) is 3. The number of ketones is 1. The number of aryl methyl sites for hydroxylation is 1. The molecule has 0 spiro atoms. The largest absolute Gasteiger partial charge is 0.493 e. The van der Waals surface area contributed by atoms with Crippen molar-refractivity contribution >= 4 is 11.5 Å². The zero-order chi connectivity index (χ0) is 20.3. The van der Waals surface area contributed by atoms with E-state index in [0.717, 1.165) is 11.1 Å². The molecule has 2 aromatic carbocycles. The summed E-state index contributed by atoms with van der Waals surface area (Å²) in [6.07, 6.45) is 0. The molecule has 6 nitrogen and oxygen atoms in total. The number of nitrogens with zero attached hydrogens (tertiary/aromatic N) is 1. The lowest BCUT2D eigenvalue weighted by Gasteiger charge is -2.13. The number of hydrogen-bond donors (Lipinski definition) is 1. The highest BCUT2D eigenvalue weighted by Gasteiger charge is 2.19. The molecule has 2 N–H and O–H groups in total. The second kappa shape index (κ2) is 8.00. The van der Waals surface area contributed by atoms with Gasteiger partial charge in [-0.1, -0.05) is 18.2 Å². The number of nitrogen functional groups attached to an aromatic ring is 1. The Morgan fingerprint density at radius 2 is 1.61 bits per heavy atom. The molecule has 0 aliphatic rings. The van der Waals surface area contributed by atoms with E-state index in [1.165, 1.54) is 21.3 Å². The van der Waals surface area contributed by atoms with Crippen LogP contribution in [0.2, 0.25) is 0 Å². The number of hydrogen-bond acceptors (Lipinski definition) is 6. The fraction of sp³-hybridized carbons (Fsp3) is 0.182. The van der Waals surface area contributed by atoms with Gasteiger partial charge in [0.05, 0.1) is 27.0 Å². The molecule has 28 heavy (non-hydrogen) atoms. The molecule has 144 valence electrons. The van der Waals surface area contributed by atoms with E-state index < -0.39 is 0 Å². The number of anilines is 1. The molecular weight excluding hydrogens is 356 g/mol. The molecule has 6 heteroatoms. The number of nitrogens with two attached hydrogens (primary N) is 1. The van der Waals surface area contributed by atoms with E-state index in [1.54, 1.807) is 24.3 Å². The van der Waals surface area contributed by atoms with Crippen molar-refractivity contribution in [1.82, 2.24) is 4.98 Å². The molecule has 0 saturated heterocycles. The Bertz CT molecular complexity index is 1010. The number of aromatic nitrogens is 1. The third-order valence-electron chi connectivity index (χ3n) is 4.48. The van der Waals surface area contributed by atoms with Crippen LogP contribution in [0.3, 0.4) is 0 Å². The average molecular weight is 378 g/mol. The molecule has 0 fully saturated rings. The molecule has 0 atom stereocenters. The van der Waals surface area contributed by atoms with E-state index in [0.29, 0.717) is 39.9 Å². The number of pyridine rings is 1. The van der Waals surface area contributed by atoms with Crippen LogP contribution in [-0.4, -0.2) is 32.1 Å². The lowest BCUT2D eigenvalue weighted by Crippen LogP contribution is -2.06. The summed E-state index contributed by atoms with van der Waals surface area (Å²) in [5.41, 5.74) is 9.90. The lowest BCUT2D eigenvalue weighted by molar-refractivity contribution is 0.103. The Labute approximate surface area is 163 Å². The zero-order valence-corrected chi connectivity index (χ0v) is 16.3. The van der Waals surface area contributed by atoms with Gasteiger partial charge < -0.3 is 19.9 Å². The highest BCUT2D eigenvalue weighted by molar-refractivity contribution is 6.08. The van der Waals surface area contributed by atoms with Crippen LogP contribution in [-0.2, 0) is 0 Å². The van der Waals surface area contributed by atoms with Gasteiger partial charge in [0.15, 0.2) is 11.5 Å². The van der Waals surface area contributed by atoms with Crippen LogP contribution in [0.25, 0.3) is 11.3 Å². The Hall–Kier alpha value is -3.54. The van der Waals surface area contributed by atoms with E-state index in [-0.39, 0.29) is 5.78 Å². The Morgan fingerprint density at radius 1 is 0.929 bits per heavy atom. The predicted octanol–water partition coefficient (Wildman–Crippen LogP) is 3.90. The second-order valence-electron chi connectivity index (χ2n) is 6.22. The first-order valence-corrected chi connectivity index (χ1v) is 8.66. The highest BCUT2D eigenvalue weighted by atomic mass is 16.5. The van der Waals surface area contributed by atoms with Crippen LogP contribution >= 0.6 is 0 Å². The Kier molecular flexibility index (Phi) is 5.49. The summed E-state index contributed by atoms with van der Waals surface area (Å²) in [6, 6.07) is 14.3. The smallest absolute Gasteiger partial charge is 0.211 e. The first kappa shape index (κ1) is 19.2. The summed E-state index contributed by atoms with van der Waals surface area (Å²) in [5.74, 6) is 1.000. The topological polar surface area (TPSA) is 83.7 Å². The van der Waals surface area contributed by atoms with E-state index in [9.17, 15) is 4.79 Å². The summed E-state index contributed by atoms with van der Waals surface area (Å²) in [7, 11) is 4.53. The van der Waals surface area contributed by atoms with Crippen LogP contribution in [0.5, 0.6) is 17.2 Å². The maximum absolute atomic E-state index is 13.0. The number of methoxy groups -OCH3 is 3. The minimum absolute atomic E-state index is 0.249. The van der Waals surface area contributed by atoms with Crippen molar-refractivity contribution in [2.75, 3.05) is 27.1 Å². The lowest BCUT2D eigenvalue weighted by atomic mass is 10.0. The highest BCUT2D eigenvalue weighted by Crippen LogP contribution is 2.38. The molecular formula is C22H22N2O4. The van der Waals surface area contributed by atoms with Crippen molar-refractivity contribution < 1.29 is 19.0 Å². The minimum atomic E-state index is -0.249. The van der Waals surface area contributed by atoms with Crippen molar-refractivity contribution in [3.8, 4) is 28.5 Å². The van der Waals surface area contributed by atoms with Gasteiger partial charge in [-0.2, -0.15) is 0 Å². The monoisotopic (exact) mass is 378 g/mol. The summed E-state index contributed by atoms with van der Waals surface area (Å²) in [5, 5.41) is 0. The number of carbonyl (C=O) groups is 1. The molecule has 0 amide bonds. The molecule has 3 aromatic rings.